The molecule has 0 spiro atoms. The molecular formula is C21H25N3O2. The first-order valence-corrected chi connectivity index (χ1v) is 9.49. The van der Waals surface area contributed by atoms with E-state index in [-0.39, 0.29) is 12.5 Å². The van der Waals surface area contributed by atoms with Crippen LogP contribution in [0, 0.1) is 5.92 Å². The molecule has 1 aromatic carbocycles. The summed E-state index contributed by atoms with van der Waals surface area (Å²) in [4.78, 5) is 19.1. The van der Waals surface area contributed by atoms with Gasteiger partial charge in [-0.15, -0.1) is 0 Å². The lowest BCUT2D eigenvalue weighted by atomic mass is 10.00. The van der Waals surface area contributed by atoms with Crippen LogP contribution in [0.3, 0.4) is 0 Å². The Morgan fingerprint density at radius 3 is 2.92 bits per heavy atom. The first kappa shape index (κ1) is 17.0. The SMILES string of the molecule is O=C(c1ccc(NC2CCCC2CCO)nc1)N1CCc2ccccc21. The van der Waals surface area contributed by atoms with E-state index in [1.807, 2.05) is 35.2 Å². The molecule has 1 aliphatic heterocycles. The summed E-state index contributed by atoms with van der Waals surface area (Å²) in [6.45, 7) is 0.962. The molecule has 1 aromatic heterocycles. The predicted octanol–water partition coefficient (Wildman–Crippen LogP) is 3.25. The molecular weight excluding hydrogens is 326 g/mol. The number of aromatic nitrogens is 1. The molecule has 2 aliphatic rings. The van der Waals surface area contributed by atoms with E-state index in [0.717, 1.165) is 43.7 Å². The minimum absolute atomic E-state index is 0.00743. The fourth-order valence-corrected chi connectivity index (χ4v) is 4.24. The van der Waals surface area contributed by atoms with E-state index in [4.69, 9.17) is 0 Å². The highest BCUT2D eigenvalue weighted by atomic mass is 16.3. The fourth-order valence-electron chi connectivity index (χ4n) is 4.24. The number of fused-ring (bicyclic) bond motifs is 1. The van der Waals surface area contributed by atoms with E-state index in [1.54, 1.807) is 6.20 Å². The second-order valence-electron chi connectivity index (χ2n) is 7.22. The Kier molecular flexibility index (Phi) is 4.89. The summed E-state index contributed by atoms with van der Waals surface area (Å²) in [5.74, 6) is 1.32. The molecule has 26 heavy (non-hydrogen) atoms. The molecule has 5 nitrogen and oxygen atoms in total. The topological polar surface area (TPSA) is 65.5 Å². The van der Waals surface area contributed by atoms with Gasteiger partial charge in [-0.1, -0.05) is 24.6 Å². The highest BCUT2D eigenvalue weighted by molar-refractivity contribution is 6.07. The van der Waals surface area contributed by atoms with Crippen molar-refractivity contribution in [2.45, 2.75) is 38.1 Å². The average molecular weight is 351 g/mol. The molecule has 2 aromatic rings. The van der Waals surface area contributed by atoms with E-state index in [2.05, 4.69) is 16.4 Å². The third kappa shape index (κ3) is 3.31. The van der Waals surface area contributed by atoms with Crippen LogP contribution in [-0.4, -0.2) is 35.2 Å². The number of carbonyl (C=O) groups is 1. The number of nitrogens with one attached hydrogen (secondary N) is 1. The molecule has 1 fully saturated rings. The molecule has 1 amide bonds. The molecule has 1 saturated carbocycles. The van der Waals surface area contributed by atoms with Crippen molar-refractivity contribution in [2.75, 3.05) is 23.4 Å². The summed E-state index contributed by atoms with van der Waals surface area (Å²) >= 11 is 0. The number of rotatable bonds is 5. The van der Waals surface area contributed by atoms with Crippen molar-refractivity contribution in [2.24, 2.45) is 5.92 Å². The molecule has 1 aliphatic carbocycles. The number of hydrogen-bond donors (Lipinski definition) is 2. The van der Waals surface area contributed by atoms with Crippen LogP contribution < -0.4 is 10.2 Å². The highest BCUT2D eigenvalue weighted by Gasteiger charge is 2.27. The number of anilines is 2. The van der Waals surface area contributed by atoms with Crippen LogP contribution in [0.1, 0.15) is 41.6 Å². The number of hydrogen-bond acceptors (Lipinski definition) is 4. The number of benzene rings is 1. The van der Waals surface area contributed by atoms with Crippen molar-refractivity contribution in [1.29, 1.82) is 0 Å². The smallest absolute Gasteiger partial charge is 0.259 e. The van der Waals surface area contributed by atoms with Crippen LogP contribution in [0.25, 0.3) is 0 Å². The molecule has 2 heterocycles. The maximum absolute atomic E-state index is 12.8. The van der Waals surface area contributed by atoms with Gasteiger partial charge in [0.2, 0.25) is 0 Å². The maximum Gasteiger partial charge on any atom is 0.259 e. The molecule has 0 radical (unpaired) electrons. The zero-order valence-electron chi connectivity index (χ0n) is 14.9. The van der Waals surface area contributed by atoms with Gasteiger partial charge in [-0.25, -0.2) is 4.98 Å². The summed E-state index contributed by atoms with van der Waals surface area (Å²) < 4.78 is 0. The molecule has 4 rings (SSSR count). The van der Waals surface area contributed by atoms with Crippen LogP contribution in [0.5, 0.6) is 0 Å². The van der Waals surface area contributed by atoms with Crippen molar-refractivity contribution in [3.05, 3.63) is 53.7 Å². The monoisotopic (exact) mass is 351 g/mol. The lowest BCUT2D eigenvalue weighted by molar-refractivity contribution is 0.0989. The maximum atomic E-state index is 12.8. The lowest BCUT2D eigenvalue weighted by Crippen LogP contribution is -2.29. The number of pyridine rings is 1. The number of aliphatic hydroxyl groups excluding tert-OH is 1. The van der Waals surface area contributed by atoms with E-state index >= 15 is 0 Å². The normalized spacial score (nSPS) is 21.7. The quantitative estimate of drug-likeness (QED) is 0.868. The number of aliphatic hydroxyl groups is 1. The van der Waals surface area contributed by atoms with Gasteiger partial charge in [-0.2, -0.15) is 0 Å². The lowest BCUT2D eigenvalue weighted by Gasteiger charge is -2.21. The second kappa shape index (κ2) is 7.46. The summed E-state index contributed by atoms with van der Waals surface area (Å²) in [5, 5.41) is 12.7. The van der Waals surface area contributed by atoms with Crippen molar-refractivity contribution >= 4 is 17.4 Å². The Morgan fingerprint density at radius 1 is 1.23 bits per heavy atom. The summed E-state index contributed by atoms with van der Waals surface area (Å²) in [7, 11) is 0. The number of para-hydroxylation sites is 1. The average Bonchev–Trinajstić information content (AvgIpc) is 3.29. The van der Waals surface area contributed by atoms with Gasteiger partial charge >= 0.3 is 0 Å². The second-order valence-corrected chi connectivity index (χ2v) is 7.22. The van der Waals surface area contributed by atoms with Gasteiger partial charge in [-0.3, -0.25) is 4.79 Å². The van der Waals surface area contributed by atoms with Crippen LogP contribution >= 0.6 is 0 Å². The van der Waals surface area contributed by atoms with E-state index in [0.29, 0.717) is 17.5 Å². The molecule has 0 bridgehead atoms. The number of amides is 1. The van der Waals surface area contributed by atoms with Gasteiger partial charge in [0.25, 0.3) is 5.91 Å². The third-order valence-electron chi connectivity index (χ3n) is 5.63. The minimum atomic E-state index is 0.00743. The standard InChI is InChI=1S/C21H25N3O2/c25-13-11-15-5-3-6-18(15)23-20-9-8-17(14-22-20)21(26)24-12-10-16-4-1-2-7-19(16)24/h1-2,4,7-9,14-15,18,25H,3,5-6,10-13H2,(H,22,23). The van der Waals surface area contributed by atoms with Gasteiger partial charge in [0.15, 0.2) is 0 Å². The van der Waals surface area contributed by atoms with E-state index in [9.17, 15) is 9.90 Å². The molecule has 5 heteroatoms. The zero-order valence-corrected chi connectivity index (χ0v) is 14.9. The van der Waals surface area contributed by atoms with E-state index in [1.165, 1.54) is 12.0 Å². The van der Waals surface area contributed by atoms with Gasteiger partial charge in [0.1, 0.15) is 5.82 Å². The largest absolute Gasteiger partial charge is 0.396 e. The van der Waals surface area contributed by atoms with Crippen LogP contribution in [0.2, 0.25) is 0 Å². The Labute approximate surface area is 154 Å². The van der Waals surface area contributed by atoms with Crippen LogP contribution in [-0.2, 0) is 6.42 Å². The number of carbonyl (C=O) groups excluding carboxylic acids is 1. The van der Waals surface area contributed by atoms with Crippen molar-refractivity contribution < 1.29 is 9.90 Å². The van der Waals surface area contributed by atoms with E-state index < -0.39 is 0 Å². The highest BCUT2D eigenvalue weighted by Crippen LogP contribution is 2.31. The number of nitrogens with zero attached hydrogens (tertiary/aromatic N) is 2. The van der Waals surface area contributed by atoms with Gasteiger partial charge < -0.3 is 15.3 Å². The Bertz CT molecular complexity index is 775. The molecule has 136 valence electrons. The Hall–Kier alpha value is -2.40. The van der Waals surface area contributed by atoms with Crippen LogP contribution in [0.15, 0.2) is 42.6 Å². The molecule has 2 N–H and O–H groups in total. The zero-order chi connectivity index (χ0) is 17.9. The molecule has 2 unspecified atom stereocenters. The summed E-state index contributed by atoms with van der Waals surface area (Å²) in [6, 6.07) is 12.2. The first-order valence-electron chi connectivity index (χ1n) is 9.49. The summed E-state index contributed by atoms with van der Waals surface area (Å²) in [5.41, 5.74) is 2.85. The third-order valence-corrected chi connectivity index (χ3v) is 5.63. The summed E-state index contributed by atoms with van der Waals surface area (Å²) in [6.07, 6.45) is 6.86. The van der Waals surface area contributed by atoms with Gasteiger partial charge in [0.05, 0.1) is 5.56 Å². The van der Waals surface area contributed by atoms with Crippen molar-refractivity contribution in [3.63, 3.8) is 0 Å². The van der Waals surface area contributed by atoms with Crippen molar-refractivity contribution in [3.8, 4) is 0 Å². The molecule has 2 atom stereocenters. The minimum Gasteiger partial charge on any atom is -0.396 e. The molecule has 0 saturated heterocycles. The fraction of sp³-hybridized carbons (Fsp3) is 0.429. The first-order chi connectivity index (χ1) is 12.8. The van der Waals surface area contributed by atoms with Gasteiger partial charge in [0, 0.05) is 31.1 Å². The Morgan fingerprint density at radius 2 is 2.12 bits per heavy atom. The van der Waals surface area contributed by atoms with Crippen molar-refractivity contribution in [1.82, 2.24) is 4.98 Å². The predicted molar refractivity (Wildman–Crippen MR) is 103 cm³/mol. The van der Waals surface area contributed by atoms with Crippen LogP contribution in [0.4, 0.5) is 11.5 Å². The Balaban J connectivity index is 1.44. The van der Waals surface area contributed by atoms with Gasteiger partial charge in [-0.05, 0) is 55.4 Å².